The molecule has 2 aromatic rings. The summed E-state index contributed by atoms with van der Waals surface area (Å²) < 4.78 is 1.30. The van der Waals surface area contributed by atoms with Crippen molar-refractivity contribution in [2.75, 3.05) is 24.1 Å². The SMILES string of the molecule is Nc1c(Br)cc(C(=O)C2CC2C(=O)N2CCC(N3Cc4cc(O)ccc4NC3=O)CC2)cc1Br. The number of amides is 3. The fourth-order valence-corrected chi connectivity index (χ4v) is 6.09. The molecule has 178 valence electrons. The molecule has 0 aromatic heterocycles. The Morgan fingerprint density at radius 2 is 1.74 bits per heavy atom. The highest BCUT2D eigenvalue weighted by molar-refractivity contribution is 9.11. The van der Waals surface area contributed by atoms with Gasteiger partial charge in [-0.25, -0.2) is 4.79 Å². The maximum atomic E-state index is 13.1. The molecule has 34 heavy (non-hydrogen) atoms. The van der Waals surface area contributed by atoms with E-state index >= 15 is 0 Å². The number of nitrogens with two attached hydrogens (primary N) is 1. The fraction of sp³-hybridized carbons (Fsp3) is 0.375. The number of carbonyl (C=O) groups excluding carboxylic acids is 3. The molecule has 4 N–H and O–H groups in total. The van der Waals surface area contributed by atoms with Gasteiger partial charge in [0.1, 0.15) is 5.75 Å². The quantitative estimate of drug-likeness (QED) is 0.278. The van der Waals surface area contributed by atoms with Gasteiger partial charge in [0, 0.05) is 57.7 Å². The summed E-state index contributed by atoms with van der Waals surface area (Å²) in [4.78, 5) is 42.2. The molecule has 1 aliphatic carbocycles. The Morgan fingerprint density at radius 3 is 2.41 bits per heavy atom. The van der Waals surface area contributed by atoms with Crippen molar-refractivity contribution in [3.63, 3.8) is 0 Å². The van der Waals surface area contributed by atoms with Gasteiger partial charge in [-0.1, -0.05) is 0 Å². The lowest BCUT2D eigenvalue weighted by Crippen LogP contribution is -2.51. The summed E-state index contributed by atoms with van der Waals surface area (Å²) in [5, 5.41) is 12.7. The van der Waals surface area contributed by atoms with E-state index in [4.69, 9.17) is 5.73 Å². The summed E-state index contributed by atoms with van der Waals surface area (Å²) in [7, 11) is 0. The molecule has 3 aliphatic rings. The Balaban J connectivity index is 1.18. The second kappa shape index (κ2) is 8.88. The van der Waals surface area contributed by atoms with Crippen LogP contribution in [-0.2, 0) is 11.3 Å². The molecule has 10 heteroatoms. The second-order valence-electron chi connectivity index (χ2n) is 9.12. The van der Waals surface area contributed by atoms with E-state index in [0.717, 1.165) is 11.3 Å². The van der Waals surface area contributed by atoms with Crippen molar-refractivity contribution < 1.29 is 19.5 Å². The number of rotatable bonds is 4. The summed E-state index contributed by atoms with van der Waals surface area (Å²) in [5.41, 5.74) is 8.58. The number of fused-ring (bicyclic) bond motifs is 1. The second-order valence-corrected chi connectivity index (χ2v) is 10.8. The van der Waals surface area contributed by atoms with Crippen molar-refractivity contribution >= 4 is 61.0 Å². The summed E-state index contributed by atoms with van der Waals surface area (Å²) in [6.07, 6.45) is 1.92. The van der Waals surface area contributed by atoms with E-state index in [1.807, 2.05) is 4.90 Å². The van der Waals surface area contributed by atoms with Gasteiger partial charge in [-0.05, 0) is 87.0 Å². The number of piperidine rings is 1. The number of aromatic hydroxyl groups is 1. The molecule has 1 saturated carbocycles. The van der Waals surface area contributed by atoms with Crippen LogP contribution >= 0.6 is 31.9 Å². The van der Waals surface area contributed by atoms with Crippen molar-refractivity contribution in [3.05, 3.63) is 50.4 Å². The summed E-state index contributed by atoms with van der Waals surface area (Å²) in [6, 6.07) is 8.20. The van der Waals surface area contributed by atoms with E-state index in [9.17, 15) is 19.5 Å². The molecular weight excluding hydrogens is 568 g/mol. The number of nitrogens with zero attached hydrogens (tertiary/aromatic N) is 2. The number of ketones is 1. The Labute approximate surface area is 213 Å². The van der Waals surface area contributed by atoms with Crippen LogP contribution in [0, 0.1) is 11.8 Å². The minimum absolute atomic E-state index is 0.0145. The topological polar surface area (TPSA) is 116 Å². The smallest absolute Gasteiger partial charge is 0.322 e. The standard InChI is InChI=1S/C24H24Br2N4O4/c25-18-8-12(9-19(26)21(18)27)22(32)16-10-17(16)23(33)29-5-3-14(4-6-29)30-11-13-7-15(31)1-2-20(13)28-24(30)34/h1-2,7-9,14,16-17,31H,3-6,10-11,27H2,(H,28,34). The van der Waals surface area contributed by atoms with Gasteiger partial charge in [-0.3, -0.25) is 9.59 Å². The Hall–Kier alpha value is -2.59. The van der Waals surface area contributed by atoms with Crippen molar-refractivity contribution in [1.29, 1.82) is 0 Å². The van der Waals surface area contributed by atoms with E-state index < -0.39 is 0 Å². The zero-order valence-electron chi connectivity index (χ0n) is 18.3. The number of nitrogen functional groups attached to an aromatic ring is 1. The van der Waals surface area contributed by atoms with Gasteiger partial charge in [0.25, 0.3) is 0 Å². The lowest BCUT2D eigenvalue weighted by Gasteiger charge is -2.40. The first-order valence-corrected chi connectivity index (χ1v) is 12.8. The van der Waals surface area contributed by atoms with Gasteiger partial charge in [-0.15, -0.1) is 0 Å². The molecule has 0 bridgehead atoms. The first-order chi connectivity index (χ1) is 16.2. The van der Waals surface area contributed by atoms with Gasteiger partial charge >= 0.3 is 6.03 Å². The van der Waals surface area contributed by atoms with Crippen LogP contribution in [0.15, 0.2) is 39.3 Å². The molecule has 2 heterocycles. The predicted molar refractivity (Wildman–Crippen MR) is 134 cm³/mol. The van der Waals surface area contributed by atoms with Gasteiger partial charge in [0.05, 0.1) is 5.69 Å². The van der Waals surface area contributed by atoms with Crippen LogP contribution < -0.4 is 11.1 Å². The number of phenolic OH excluding ortho intramolecular Hbond substituents is 1. The lowest BCUT2D eigenvalue weighted by atomic mass is 10.00. The number of Topliss-reactive ketones (excluding diaryl/α,β-unsaturated/α-hetero) is 1. The third-order valence-electron chi connectivity index (χ3n) is 6.96. The number of urea groups is 1. The molecular formula is C24H24Br2N4O4. The molecule has 2 unspecified atom stereocenters. The minimum Gasteiger partial charge on any atom is -0.508 e. The van der Waals surface area contributed by atoms with Crippen LogP contribution in [0.2, 0.25) is 0 Å². The third-order valence-corrected chi connectivity index (χ3v) is 8.27. The molecule has 3 amide bonds. The van der Waals surface area contributed by atoms with Crippen molar-refractivity contribution in [2.24, 2.45) is 11.8 Å². The number of likely N-dealkylation sites (tertiary alicyclic amines) is 1. The Morgan fingerprint density at radius 1 is 1.06 bits per heavy atom. The van der Waals surface area contributed by atoms with Crippen LogP contribution in [0.3, 0.4) is 0 Å². The zero-order chi connectivity index (χ0) is 24.1. The number of phenols is 1. The van der Waals surface area contributed by atoms with E-state index in [2.05, 4.69) is 37.2 Å². The maximum absolute atomic E-state index is 13.1. The largest absolute Gasteiger partial charge is 0.508 e. The first kappa shape index (κ1) is 23.2. The maximum Gasteiger partial charge on any atom is 0.322 e. The highest BCUT2D eigenvalue weighted by Gasteiger charge is 2.50. The number of nitrogens with one attached hydrogen (secondary N) is 1. The van der Waals surface area contributed by atoms with Gasteiger partial charge < -0.3 is 26.0 Å². The highest BCUT2D eigenvalue weighted by atomic mass is 79.9. The zero-order valence-corrected chi connectivity index (χ0v) is 21.4. The van der Waals surface area contributed by atoms with Gasteiger partial charge in [0.15, 0.2) is 5.78 Å². The van der Waals surface area contributed by atoms with E-state index in [1.54, 1.807) is 35.2 Å². The van der Waals surface area contributed by atoms with Crippen LogP contribution in [0.1, 0.15) is 35.2 Å². The molecule has 2 fully saturated rings. The normalized spacial score (nSPS) is 22.2. The van der Waals surface area contributed by atoms with Gasteiger partial charge in [-0.2, -0.15) is 0 Å². The molecule has 2 aromatic carbocycles. The molecule has 1 saturated heterocycles. The number of carbonyl (C=O) groups is 3. The van der Waals surface area contributed by atoms with Crippen molar-refractivity contribution in [2.45, 2.75) is 31.8 Å². The monoisotopic (exact) mass is 590 g/mol. The van der Waals surface area contributed by atoms with Crippen molar-refractivity contribution in [3.8, 4) is 5.75 Å². The van der Waals surface area contributed by atoms with E-state index in [1.165, 1.54) is 0 Å². The molecule has 0 radical (unpaired) electrons. The summed E-state index contributed by atoms with van der Waals surface area (Å²) in [5.74, 6) is -0.440. The van der Waals surface area contributed by atoms with Crippen LogP contribution in [0.5, 0.6) is 5.75 Å². The predicted octanol–water partition coefficient (Wildman–Crippen LogP) is 4.36. The fourth-order valence-electron chi connectivity index (χ4n) is 4.90. The summed E-state index contributed by atoms with van der Waals surface area (Å²) >= 11 is 6.74. The average molecular weight is 592 g/mol. The number of halogens is 2. The van der Waals surface area contributed by atoms with Crippen LogP contribution in [0.4, 0.5) is 16.2 Å². The van der Waals surface area contributed by atoms with Crippen LogP contribution in [-0.4, -0.2) is 51.8 Å². The first-order valence-electron chi connectivity index (χ1n) is 11.2. The summed E-state index contributed by atoms with van der Waals surface area (Å²) in [6.45, 7) is 1.53. The lowest BCUT2D eigenvalue weighted by molar-refractivity contribution is -0.134. The molecule has 0 spiro atoms. The Kier molecular flexibility index (Phi) is 6.05. The number of hydrogen-bond donors (Lipinski definition) is 3. The van der Waals surface area contributed by atoms with E-state index in [-0.39, 0.29) is 41.3 Å². The number of anilines is 2. The molecule has 8 nitrogen and oxygen atoms in total. The van der Waals surface area contributed by atoms with E-state index in [0.29, 0.717) is 59.1 Å². The molecule has 2 atom stereocenters. The van der Waals surface area contributed by atoms with Gasteiger partial charge in [0.2, 0.25) is 5.91 Å². The Bertz CT molecular complexity index is 1170. The third kappa shape index (κ3) is 4.29. The highest BCUT2D eigenvalue weighted by Crippen LogP contribution is 2.44. The van der Waals surface area contributed by atoms with Crippen LogP contribution in [0.25, 0.3) is 0 Å². The van der Waals surface area contributed by atoms with Crippen molar-refractivity contribution in [1.82, 2.24) is 9.80 Å². The number of benzene rings is 2. The average Bonchev–Trinajstić information content (AvgIpc) is 3.62. The molecule has 2 aliphatic heterocycles. The number of hydrogen-bond acceptors (Lipinski definition) is 5. The minimum atomic E-state index is -0.301. The molecule has 5 rings (SSSR count).